The molecular formula is C101H149FN8O27. The Morgan fingerprint density at radius 3 is 1.99 bits per heavy atom. The van der Waals surface area contributed by atoms with Gasteiger partial charge >= 0.3 is 23.7 Å². The summed E-state index contributed by atoms with van der Waals surface area (Å²) < 4.78 is 84.3. The van der Waals surface area contributed by atoms with Crippen LogP contribution in [0.25, 0.3) is 21.7 Å². The minimum Gasteiger partial charge on any atom is -0.507 e. The number of hydrogen-bond donors (Lipinski definition) is 11. The van der Waals surface area contributed by atoms with Gasteiger partial charge in [0.1, 0.15) is 69.7 Å². The zero-order valence-corrected chi connectivity index (χ0v) is 84.1. The molecule has 35 nitrogen and oxygen atoms in total. The second kappa shape index (κ2) is 43.9. The zero-order valence-electron chi connectivity index (χ0n) is 84.1. The molecule has 6 fully saturated rings. The number of pyridine rings is 1. The van der Waals surface area contributed by atoms with Crippen molar-refractivity contribution in [1.82, 2.24) is 19.7 Å². The number of carbonyl (C=O) groups is 6. The summed E-state index contributed by atoms with van der Waals surface area (Å²) in [6.45, 7) is 39.5. The second-order valence-corrected chi connectivity index (χ2v) is 41.0. The SMILES string of the molecule is CC[C@H]1OC(=O)[C@H](C)[C@@H](OC2CC(C)(OC)C(O)C(C)O2)[C@H](C)[C@@H](OC2OC(C)CC(N(C)C)C2O)[C@](C)(OC)C[C@@H](C)C(=O)[C@H](C)[C@@H](O)[C@]1(C)O.CO[C@H]1/C=C/O[C@@]2(C)Oc3c(C)c(O)c4c(O)c(c5c(c4c3C2=O)=NC2(CCN(CC(C)C)CC2)N=5)NC(=O)/C(C)=C\C=C\[C@H](C)[C@H](O)[C@@H](C)[C@@H](O)[C@@H](C)[C@H](OC(C)=O)[C@@H]1C.O=C(O)c1cn(C2CC2)c2cc(N3CCNCC3)c(F)cc2c1=O. The predicted molar refractivity (Wildman–Crippen MR) is 507 cm³/mol. The zero-order chi connectivity index (χ0) is 101. The van der Waals surface area contributed by atoms with Crippen molar-refractivity contribution in [2.75, 3.05) is 91.5 Å². The summed E-state index contributed by atoms with van der Waals surface area (Å²) in [7, 11) is 8.23. The van der Waals surface area contributed by atoms with E-state index in [4.69, 9.17) is 62.1 Å². The van der Waals surface area contributed by atoms with Crippen molar-refractivity contribution in [3.63, 3.8) is 0 Å². The Morgan fingerprint density at radius 1 is 0.752 bits per heavy atom. The molecule has 5 saturated heterocycles. The Morgan fingerprint density at radius 2 is 1.39 bits per heavy atom. The number of piperazine rings is 1. The van der Waals surface area contributed by atoms with Crippen molar-refractivity contribution in [3.8, 4) is 17.2 Å². The van der Waals surface area contributed by atoms with Gasteiger partial charge in [-0.15, -0.1) is 0 Å². The fraction of sp³-hybridized carbons (Fsp3) is 0.693. The number of carbonyl (C=O) groups excluding carboxylic acids is 5. The van der Waals surface area contributed by atoms with Crippen molar-refractivity contribution in [1.29, 1.82) is 0 Å². The summed E-state index contributed by atoms with van der Waals surface area (Å²) in [6, 6.07) is 2.79. The van der Waals surface area contributed by atoms with E-state index in [1.807, 2.05) is 42.3 Å². The first kappa shape index (κ1) is 109. The number of likely N-dealkylation sites (tertiary alicyclic amines) is 1. The van der Waals surface area contributed by atoms with E-state index in [-0.39, 0.29) is 110 Å². The number of aromatic carboxylic acids is 1. The summed E-state index contributed by atoms with van der Waals surface area (Å²) in [5, 5.41) is 108. The maximum Gasteiger partial charge on any atom is 0.341 e. The van der Waals surface area contributed by atoms with E-state index in [1.54, 1.807) is 120 Å². The Hall–Kier alpha value is -8.54. The van der Waals surface area contributed by atoms with Crippen molar-refractivity contribution in [2.45, 2.75) is 316 Å². The van der Waals surface area contributed by atoms with E-state index < -0.39 is 202 Å². The van der Waals surface area contributed by atoms with E-state index in [1.165, 1.54) is 60.6 Å². The number of rotatable bonds is 15. The van der Waals surface area contributed by atoms with Gasteiger partial charge in [-0.1, -0.05) is 87.5 Å². The van der Waals surface area contributed by atoms with Crippen LogP contribution in [0, 0.1) is 66.0 Å². The highest BCUT2D eigenvalue weighted by atomic mass is 19.1. The molecule has 27 atom stereocenters. The first-order valence-corrected chi connectivity index (χ1v) is 48.2. The number of Topliss-reactive ketones (excluding diaryl/α,β-unsaturated/α-hetero) is 2. The van der Waals surface area contributed by atoms with E-state index in [0.717, 1.165) is 32.5 Å². The Bertz CT molecular complexity index is 5340. The normalized spacial score (nSPS) is 36.3. The molecule has 13 rings (SSSR count). The molecule has 9 aliphatic rings. The number of nitrogens with zero attached hydrogens (tertiary/aromatic N) is 6. The minimum absolute atomic E-state index is 0.0364. The van der Waals surface area contributed by atoms with E-state index >= 15 is 0 Å². The number of ketones is 2. The molecule has 8 aliphatic heterocycles. The summed E-state index contributed by atoms with van der Waals surface area (Å²) in [4.78, 5) is 109. The van der Waals surface area contributed by atoms with Gasteiger partial charge in [0.05, 0.1) is 99.7 Å². The molecule has 9 heterocycles. The van der Waals surface area contributed by atoms with Crippen LogP contribution in [-0.2, 0) is 66.5 Å². The predicted octanol–water partition coefficient (Wildman–Crippen LogP) is 8.77. The monoisotopic (exact) mass is 1930 g/mol. The number of esters is 2. The van der Waals surface area contributed by atoms with Crippen LogP contribution in [-0.4, -0.2) is 297 Å². The Labute approximate surface area is 801 Å². The number of aliphatic hydroxyl groups is 6. The van der Waals surface area contributed by atoms with Gasteiger partial charge in [-0.05, 0) is 126 Å². The van der Waals surface area contributed by atoms with Gasteiger partial charge in [-0.25, -0.2) is 9.18 Å². The average molecular weight is 1930 g/mol. The highest BCUT2D eigenvalue weighted by Crippen LogP contribution is 2.52. The van der Waals surface area contributed by atoms with Crippen LogP contribution in [0.5, 0.6) is 17.2 Å². The molecular weight excluding hydrogens is 1780 g/mol. The van der Waals surface area contributed by atoms with Crippen molar-refractivity contribution in [3.05, 3.63) is 97.9 Å². The molecule has 4 bridgehead atoms. The molecule has 137 heavy (non-hydrogen) atoms. The van der Waals surface area contributed by atoms with Gasteiger partial charge in [-0.2, -0.15) is 0 Å². The molecule has 11 N–H and O–H groups in total. The number of aromatic nitrogens is 1. The fourth-order valence-corrected chi connectivity index (χ4v) is 21.1. The molecule has 1 amide bonds. The van der Waals surface area contributed by atoms with Crippen LogP contribution in [0.2, 0.25) is 0 Å². The summed E-state index contributed by atoms with van der Waals surface area (Å²) >= 11 is 0. The molecule has 1 spiro atoms. The van der Waals surface area contributed by atoms with E-state index in [0.29, 0.717) is 62.6 Å². The number of phenolic OH excluding ortho intramolecular Hbond substituents is 2. The van der Waals surface area contributed by atoms with Gasteiger partial charge < -0.3 is 128 Å². The Balaban J connectivity index is 0.000000213. The largest absolute Gasteiger partial charge is 0.507 e. The van der Waals surface area contributed by atoms with Crippen LogP contribution in [0.1, 0.15) is 215 Å². The first-order valence-electron chi connectivity index (χ1n) is 48.2. The number of hydrogen-bond acceptors (Lipinski definition) is 32. The van der Waals surface area contributed by atoms with Crippen LogP contribution in [0.4, 0.5) is 15.8 Å². The highest BCUT2D eigenvalue weighted by molar-refractivity contribution is 6.19. The minimum atomic E-state index is -1.96. The van der Waals surface area contributed by atoms with Crippen molar-refractivity contribution < 1.29 is 131 Å². The lowest BCUT2D eigenvalue weighted by Gasteiger charge is -2.50. The summed E-state index contributed by atoms with van der Waals surface area (Å²) in [6.07, 6.45) is -0.404. The first-order chi connectivity index (χ1) is 64.2. The smallest absolute Gasteiger partial charge is 0.341 e. The standard InChI is InChI=1S/C46H62N4O11.C38H69NO13.C17H18FN3O3/c1-22(2)21-50-18-16-46(17-19-50)48-34-31-32-39(54)28(8)42-33(31)43(56)45(10,61-42)59-20-15-30(58-11)25(5)41(60-29(9)51)27(7)38(53)26(6)37(52)23(3)13-12-14-24(4)44(57)47-36(40(32)55)35(34)49-46;1-15-26-38(10,45)31(42)21(4)28(40)19(2)17-37(9,47-14)33(52-35-29(41)25(39(11)12)16-20(3)48-35)22(5)30(23(6)34(44)50-26)51-27-18-36(8,46-13)32(43)24(7)49-27;18-13-7-11-14(8-15(13)20-5-3-19-4-6-20)21(10-1-2-10)9-12(16(11)22)17(23)24/h12-15,20,22-23,25-27,30,37-38,41,52-55H,16-19,21H2,1-11H3,(H,47,57);19-27,29-33,35,41-43,45H,15-18H2,1-14H3;7-10,19H,1-6H2,(H,23,24)/b13-12+,20-15+,24-14-;;/t23-,25+,26+,27+,30-,37-,38+,41+,45-;19-,20?,21+,22+,23-,24?,25?,26-,27?,29?,30+,31-,32?,33-,35?,36?,37-,38-;/m01./s1. The second-order valence-electron chi connectivity index (χ2n) is 41.0. The number of carboxylic acids is 1. The number of carboxylic acid groups (broad SMARTS) is 1. The number of anilines is 2. The number of likely N-dealkylation sites (N-methyl/N-ethyl adjacent to an activating group) is 1. The number of amides is 1. The number of ether oxygens (including phenoxy) is 11. The number of fused-ring (bicyclic) bond motifs is 2. The van der Waals surface area contributed by atoms with Gasteiger partial charge in [0.15, 0.2) is 24.0 Å². The van der Waals surface area contributed by atoms with Crippen LogP contribution >= 0.6 is 0 Å². The maximum atomic E-state index is 14.7. The number of phenols is 2. The molecule has 3 aromatic carbocycles. The topological polar surface area (TPSA) is 467 Å². The van der Waals surface area contributed by atoms with Crippen LogP contribution < -0.4 is 36.4 Å². The summed E-state index contributed by atoms with van der Waals surface area (Å²) in [5.41, 5.74) is -4.66. The molecule has 8 unspecified atom stereocenters. The third-order valence-corrected chi connectivity index (χ3v) is 29.9. The third-order valence-electron chi connectivity index (χ3n) is 29.9. The molecule has 4 aromatic rings. The quantitative estimate of drug-likeness (QED) is 0.0391. The van der Waals surface area contributed by atoms with Crippen LogP contribution in [0.3, 0.4) is 0 Å². The van der Waals surface area contributed by atoms with E-state index in [2.05, 4.69) is 29.4 Å². The third kappa shape index (κ3) is 22.8. The average Bonchev–Trinajstić information content (AvgIpc) is 1.54. The van der Waals surface area contributed by atoms with Gasteiger partial charge in [0.25, 0.3) is 11.7 Å². The number of aromatic hydroxyl groups is 2. The number of methoxy groups -OCH3 is 3. The number of cyclic esters (lactones) is 1. The van der Waals surface area contributed by atoms with Gasteiger partial charge in [0.2, 0.25) is 5.43 Å². The molecule has 762 valence electrons. The van der Waals surface area contributed by atoms with E-state index in [9.17, 15) is 83.9 Å². The lowest BCUT2D eigenvalue weighted by Crippen LogP contribution is -2.61. The molecule has 1 aromatic heterocycles. The number of nitrogens with one attached hydrogen (secondary N) is 2. The summed E-state index contributed by atoms with van der Waals surface area (Å²) in [5.74, 6) is -12.7. The highest BCUT2D eigenvalue weighted by Gasteiger charge is 2.57. The fourth-order valence-electron chi connectivity index (χ4n) is 21.1. The van der Waals surface area contributed by atoms with Gasteiger partial charge in [-0.3, -0.25) is 38.8 Å². The molecule has 1 saturated carbocycles. The lowest BCUT2D eigenvalue weighted by atomic mass is 9.74. The number of halogens is 1. The van der Waals surface area contributed by atoms with Crippen molar-refractivity contribution in [2.24, 2.45) is 63.2 Å². The number of piperidine rings is 1. The number of aliphatic hydroxyl groups excluding tert-OH is 5. The van der Waals surface area contributed by atoms with Gasteiger partial charge in [0, 0.05) is 182 Å². The van der Waals surface area contributed by atoms with Crippen molar-refractivity contribution >= 4 is 68.4 Å². The molecule has 0 radical (unpaired) electrons. The number of allylic oxidation sites excluding steroid dienone is 2. The maximum absolute atomic E-state index is 14.7. The lowest BCUT2D eigenvalue weighted by molar-refractivity contribution is -0.319. The Kier molecular flexibility index (Phi) is 34.9. The molecule has 1 aliphatic carbocycles. The number of benzene rings is 3. The molecule has 36 heteroatoms. The van der Waals surface area contributed by atoms with Crippen LogP contribution in [0.15, 0.2) is 69.2 Å².